The van der Waals surface area contributed by atoms with E-state index in [1.54, 1.807) is 0 Å². The first-order valence-corrected chi connectivity index (χ1v) is 9.65. The zero-order chi connectivity index (χ0) is 17.7. The van der Waals surface area contributed by atoms with E-state index in [1.807, 2.05) is 6.92 Å². The van der Waals surface area contributed by atoms with Gasteiger partial charge in [-0.15, -0.1) is 0 Å². The molecule has 1 aromatic rings. The number of morpholine rings is 1. The van der Waals surface area contributed by atoms with E-state index in [0.717, 1.165) is 23.7 Å². The van der Waals surface area contributed by atoms with Gasteiger partial charge in [0, 0.05) is 26.2 Å². The highest BCUT2D eigenvalue weighted by atomic mass is 32.2. The number of hydrogen-bond donors (Lipinski definition) is 1. The topological polar surface area (TPSA) is 87.2 Å². The molecule has 0 saturated carbocycles. The van der Waals surface area contributed by atoms with Crippen LogP contribution in [0, 0.1) is 6.92 Å². The van der Waals surface area contributed by atoms with E-state index < -0.39 is 22.5 Å². The maximum Gasteiger partial charge on any atom is 0.318 e. The van der Waals surface area contributed by atoms with Crippen molar-refractivity contribution in [1.82, 2.24) is 9.21 Å². The van der Waals surface area contributed by atoms with Crippen molar-refractivity contribution in [3.63, 3.8) is 0 Å². The van der Waals surface area contributed by atoms with Crippen LogP contribution in [0.1, 0.15) is 11.1 Å². The van der Waals surface area contributed by atoms with E-state index in [-0.39, 0.29) is 12.6 Å². The lowest BCUT2D eigenvalue weighted by Gasteiger charge is -2.34. The summed E-state index contributed by atoms with van der Waals surface area (Å²) in [6, 6.07) is 8.27. The Bertz CT molecular complexity index is 660. The summed E-state index contributed by atoms with van der Waals surface area (Å²) in [6.07, 6.45) is 0.682. The largest absolute Gasteiger partial charge is 0.480 e. The smallest absolute Gasteiger partial charge is 0.318 e. The highest BCUT2D eigenvalue weighted by molar-refractivity contribution is 7.88. The minimum atomic E-state index is -3.59. The average Bonchev–Trinajstić information content (AvgIpc) is 2.48. The SMILES string of the molecule is Cc1ccc(CN2CCOC(CN(CC(=O)O)S(C)(=O)=O)C2)cc1. The van der Waals surface area contributed by atoms with Crippen molar-refractivity contribution in [3.05, 3.63) is 35.4 Å². The summed E-state index contributed by atoms with van der Waals surface area (Å²) in [4.78, 5) is 13.1. The first-order chi connectivity index (χ1) is 11.2. The van der Waals surface area contributed by atoms with Gasteiger partial charge >= 0.3 is 5.97 Å². The van der Waals surface area contributed by atoms with Crippen LogP contribution in [0.25, 0.3) is 0 Å². The molecule has 8 heteroatoms. The molecule has 0 bridgehead atoms. The minimum Gasteiger partial charge on any atom is -0.480 e. The predicted octanol–water partition coefficient (Wildman–Crippen LogP) is 0.542. The maximum absolute atomic E-state index is 11.7. The summed E-state index contributed by atoms with van der Waals surface area (Å²) < 4.78 is 30.1. The first-order valence-electron chi connectivity index (χ1n) is 7.80. The number of carboxylic acid groups (broad SMARTS) is 1. The molecule has 1 saturated heterocycles. The van der Waals surface area contributed by atoms with Crippen molar-refractivity contribution >= 4 is 16.0 Å². The van der Waals surface area contributed by atoms with Gasteiger partial charge in [-0.1, -0.05) is 29.8 Å². The van der Waals surface area contributed by atoms with Crippen LogP contribution < -0.4 is 0 Å². The van der Waals surface area contributed by atoms with Crippen molar-refractivity contribution < 1.29 is 23.1 Å². The zero-order valence-electron chi connectivity index (χ0n) is 14.0. The van der Waals surface area contributed by atoms with Crippen LogP contribution >= 0.6 is 0 Å². The molecule has 1 fully saturated rings. The van der Waals surface area contributed by atoms with E-state index in [1.165, 1.54) is 11.1 Å². The fraction of sp³-hybridized carbons (Fsp3) is 0.562. The summed E-state index contributed by atoms with van der Waals surface area (Å²) in [5.74, 6) is -1.17. The molecule has 134 valence electrons. The van der Waals surface area contributed by atoms with E-state index in [2.05, 4.69) is 29.2 Å². The van der Waals surface area contributed by atoms with Gasteiger partial charge in [0.1, 0.15) is 6.54 Å². The van der Waals surface area contributed by atoms with Gasteiger partial charge in [-0.3, -0.25) is 9.69 Å². The maximum atomic E-state index is 11.7. The number of rotatable bonds is 7. The van der Waals surface area contributed by atoms with E-state index >= 15 is 0 Å². The Morgan fingerprint density at radius 1 is 1.38 bits per heavy atom. The molecule has 1 aliphatic rings. The summed E-state index contributed by atoms with van der Waals surface area (Å²) in [6.45, 7) is 4.14. The average molecular weight is 356 g/mol. The van der Waals surface area contributed by atoms with Gasteiger partial charge in [0.05, 0.1) is 19.0 Å². The van der Waals surface area contributed by atoms with E-state index in [0.29, 0.717) is 13.2 Å². The molecule has 0 radical (unpaired) electrons. The summed E-state index contributed by atoms with van der Waals surface area (Å²) in [5.41, 5.74) is 2.39. The number of aryl methyl sites for hydroxylation is 1. The molecule has 1 heterocycles. The number of sulfonamides is 1. The number of nitrogens with zero attached hydrogens (tertiary/aromatic N) is 2. The molecular formula is C16H24N2O5S. The van der Waals surface area contributed by atoms with Gasteiger partial charge in [0.15, 0.2) is 0 Å². The lowest BCUT2D eigenvalue weighted by Crippen LogP contribution is -2.49. The Balaban J connectivity index is 1.96. The Labute approximate surface area is 142 Å². The molecule has 0 aromatic heterocycles. The summed E-state index contributed by atoms with van der Waals surface area (Å²) in [7, 11) is -3.59. The molecule has 1 aromatic carbocycles. The monoisotopic (exact) mass is 356 g/mol. The van der Waals surface area contributed by atoms with Crippen molar-refractivity contribution in [3.8, 4) is 0 Å². The normalized spacial score (nSPS) is 19.5. The molecule has 1 unspecified atom stereocenters. The van der Waals surface area contributed by atoms with Crippen LogP contribution in [-0.2, 0) is 26.1 Å². The molecular weight excluding hydrogens is 332 g/mol. The Kier molecular flexibility index (Phi) is 6.34. The molecule has 7 nitrogen and oxygen atoms in total. The van der Waals surface area contributed by atoms with Gasteiger partial charge < -0.3 is 9.84 Å². The number of ether oxygens (including phenoxy) is 1. The van der Waals surface area contributed by atoms with Crippen molar-refractivity contribution in [2.45, 2.75) is 19.6 Å². The fourth-order valence-corrected chi connectivity index (χ4v) is 3.46. The third-order valence-corrected chi connectivity index (χ3v) is 5.15. The summed E-state index contributed by atoms with van der Waals surface area (Å²) in [5, 5.41) is 8.89. The van der Waals surface area contributed by atoms with Crippen LogP contribution in [-0.4, -0.2) is 73.8 Å². The Hall–Kier alpha value is -1.48. The first kappa shape index (κ1) is 18.9. The van der Waals surface area contributed by atoms with Gasteiger partial charge in [0.2, 0.25) is 10.0 Å². The van der Waals surface area contributed by atoms with Crippen molar-refractivity contribution in [2.75, 3.05) is 39.0 Å². The van der Waals surface area contributed by atoms with Crippen molar-refractivity contribution in [2.24, 2.45) is 0 Å². The van der Waals surface area contributed by atoms with Crippen LogP contribution in [0.3, 0.4) is 0 Å². The number of carboxylic acids is 1. The summed E-state index contributed by atoms with van der Waals surface area (Å²) >= 11 is 0. The van der Waals surface area contributed by atoms with Gasteiger partial charge in [-0.2, -0.15) is 4.31 Å². The highest BCUT2D eigenvalue weighted by Crippen LogP contribution is 2.13. The Morgan fingerprint density at radius 3 is 2.62 bits per heavy atom. The van der Waals surface area contributed by atoms with E-state index in [4.69, 9.17) is 9.84 Å². The second-order valence-corrected chi connectivity index (χ2v) is 8.15. The van der Waals surface area contributed by atoms with Crippen LogP contribution in [0.15, 0.2) is 24.3 Å². The second-order valence-electron chi connectivity index (χ2n) is 6.16. The third kappa shape index (κ3) is 5.86. The molecule has 1 aliphatic heterocycles. The number of carbonyl (C=O) groups is 1. The zero-order valence-corrected chi connectivity index (χ0v) is 14.8. The molecule has 0 amide bonds. The van der Waals surface area contributed by atoms with Crippen LogP contribution in [0.4, 0.5) is 0 Å². The van der Waals surface area contributed by atoms with Crippen LogP contribution in [0.2, 0.25) is 0 Å². The van der Waals surface area contributed by atoms with Crippen LogP contribution in [0.5, 0.6) is 0 Å². The van der Waals surface area contributed by atoms with Gasteiger partial charge in [-0.25, -0.2) is 8.42 Å². The molecule has 1 atom stereocenters. The standard InChI is InChI=1S/C16H24N2O5S/c1-13-3-5-14(6-4-13)9-17-7-8-23-15(10-17)11-18(12-16(19)20)24(2,21)22/h3-6,15H,7-12H2,1-2H3,(H,19,20). The fourth-order valence-electron chi connectivity index (χ4n) is 2.68. The lowest BCUT2D eigenvalue weighted by molar-refractivity contribution is -0.137. The number of aliphatic carboxylic acids is 1. The highest BCUT2D eigenvalue weighted by Gasteiger charge is 2.28. The molecule has 24 heavy (non-hydrogen) atoms. The molecule has 1 N–H and O–H groups in total. The number of hydrogen-bond acceptors (Lipinski definition) is 5. The Morgan fingerprint density at radius 2 is 2.04 bits per heavy atom. The lowest BCUT2D eigenvalue weighted by atomic mass is 10.1. The molecule has 0 aliphatic carbocycles. The molecule has 2 rings (SSSR count). The van der Waals surface area contributed by atoms with Gasteiger partial charge in [-0.05, 0) is 12.5 Å². The predicted molar refractivity (Wildman–Crippen MR) is 90.2 cm³/mol. The van der Waals surface area contributed by atoms with Crippen molar-refractivity contribution in [1.29, 1.82) is 0 Å². The quantitative estimate of drug-likeness (QED) is 0.767. The second kappa shape index (κ2) is 8.06. The number of benzene rings is 1. The molecule has 0 spiro atoms. The van der Waals surface area contributed by atoms with E-state index in [9.17, 15) is 13.2 Å². The third-order valence-electron chi connectivity index (χ3n) is 3.94. The minimum absolute atomic E-state index is 0.0511. The van der Waals surface area contributed by atoms with Gasteiger partial charge in [0.25, 0.3) is 0 Å².